The fourth-order valence-corrected chi connectivity index (χ4v) is 6.27. The molecule has 1 aliphatic heterocycles. The van der Waals surface area contributed by atoms with Crippen LogP contribution in [0.3, 0.4) is 0 Å². The largest absolute Gasteiger partial charge is 0.478 e. The highest BCUT2D eigenvalue weighted by Crippen LogP contribution is 2.30. The number of rotatable bonds is 15. The lowest BCUT2D eigenvalue weighted by Crippen LogP contribution is -2.36. The summed E-state index contributed by atoms with van der Waals surface area (Å²) in [6.07, 6.45) is 8.03. The lowest BCUT2D eigenvalue weighted by Gasteiger charge is -2.27. The van der Waals surface area contributed by atoms with Crippen molar-refractivity contribution < 1.29 is 19.0 Å². The highest BCUT2D eigenvalue weighted by atomic mass is 32.2. The van der Waals surface area contributed by atoms with Gasteiger partial charge in [0.25, 0.3) is 0 Å². The van der Waals surface area contributed by atoms with Gasteiger partial charge in [-0.2, -0.15) is 4.98 Å². The minimum absolute atomic E-state index is 0.190. The van der Waals surface area contributed by atoms with E-state index in [0.29, 0.717) is 41.8 Å². The molecule has 1 aliphatic rings. The summed E-state index contributed by atoms with van der Waals surface area (Å²) < 4.78 is 24.1. The third-order valence-electron chi connectivity index (χ3n) is 8.22. The molecule has 0 amide bonds. The Morgan fingerprint density at radius 1 is 1.04 bits per heavy atom. The van der Waals surface area contributed by atoms with Gasteiger partial charge in [0, 0.05) is 48.4 Å². The van der Waals surface area contributed by atoms with Gasteiger partial charge >= 0.3 is 5.97 Å². The van der Waals surface area contributed by atoms with E-state index in [0.717, 1.165) is 54.1 Å². The van der Waals surface area contributed by atoms with Crippen LogP contribution < -0.4 is 19.7 Å². The van der Waals surface area contributed by atoms with Crippen LogP contribution in [0.4, 0.5) is 16.2 Å². The first-order valence-electron chi connectivity index (χ1n) is 16.4. The number of carboxylic acids is 1. The Labute approximate surface area is 286 Å². The quantitative estimate of drug-likeness (QED) is 0.109. The number of hydrogen-bond acceptors (Lipinski definition) is 10. The number of aromatic carboxylic acids is 1. The normalized spacial score (nSPS) is 14.1. The maximum atomic E-state index is 14.6. The number of nitrogens with one attached hydrogen (secondary N) is 2. The van der Waals surface area contributed by atoms with Crippen LogP contribution in [0, 0.1) is 13.8 Å². The summed E-state index contributed by atoms with van der Waals surface area (Å²) in [5.41, 5.74) is 3.47. The molecule has 1 atom stereocenters. The number of nitrogens with zero attached hydrogens (tertiary/aromatic N) is 5. The highest BCUT2D eigenvalue weighted by molar-refractivity contribution is 8.00. The Morgan fingerprint density at radius 2 is 1.79 bits per heavy atom. The molecule has 48 heavy (non-hydrogen) atoms. The lowest BCUT2D eigenvalue weighted by molar-refractivity contribution is 0.0696. The molecule has 10 nitrogen and oxygen atoms in total. The number of benzene rings is 2. The second kappa shape index (κ2) is 16.2. The molecular weight excluding hydrogens is 630 g/mol. The number of anilines is 2. The van der Waals surface area contributed by atoms with Gasteiger partial charge in [-0.05, 0) is 101 Å². The van der Waals surface area contributed by atoms with E-state index in [1.165, 1.54) is 18.4 Å². The zero-order chi connectivity index (χ0) is 34.1. The fraction of sp³-hybridized carbons (Fsp3) is 0.417. The number of hydrogen-bond donors (Lipinski definition) is 3. The average molecular weight is 674 g/mol. The van der Waals surface area contributed by atoms with Gasteiger partial charge in [0.1, 0.15) is 18.1 Å². The number of halogens is 1. The predicted molar refractivity (Wildman–Crippen MR) is 188 cm³/mol. The summed E-state index contributed by atoms with van der Waals surface area (Å²) in [6, 6.07) is 14.3. The second-order valence-electron chi connectivity index (χ2n) is 12.8. The minimum atomic E-state index is -1.33. The Hall–Kier alpha value is -4.29. The summed E-state index contributed by atoms with van der Waals surface area (Å²) >= 11 is 1.21. The summed E-state index contributed by atoms with van der Waals surface area (Å²) in [7, 11) is 0. The Kier molecular flexibility index (Phi) is 11.8. The third kappa shape index (κ3) is 10.1. The molecule has 1 saturated heterocycles. The van der Waals surface area contributed by atoms with E-state index >= 15 is 0 Å². The first-order chi connectivity index (χ1) is 23.0. The number of piperidine rings is 1. The van der Waals surface area contributed by atoms with Crippen molar-refractivity contribution in [2.24, 2.45) is 0 Å². The van der Waals surface area contributed by atoms with E-state index in [9.17, 15) is 14.3 Å². The van der Waals surface area contributed by atoms with E-state index in [1.54, 1.807) is 38.2 Å². The molecule has 254 valence electrons. The molecule has 0 saturated carbocycles. The number of carboxylic acid groups (broad SMARTS) is 1. The van der Waals surface area contributed by atoms with Crippen molar-refractivity contribution >= 4 is 29.7 Å². The van der Waals surface area contributed by atoms with Crippen molar-refractivity contribution in [3.63, 3.8) is 0 Å². The first-order valence-corrected chi connectivity index (χ1v) is 17.2. The Morgan fingerprint density at radius 3 is 2.52 bits per heavy atom. The maximum absolute atomic E-state index is 14.6. The Balaban J connectivity index is 1.34. The van der Waals surface area contributed by atoms with Crippen LogP contribution in [0.5, 0.6) is 5.88 Å². The molecule has 12 heteroatoms. The van der Waals surface area contributed by atoms with Crippen molar-refractivity contribution in [3.05, 3.63) is 83.3 Å². The molecule has 4 aromatic rings. The second-order valence-corrected chi connectivity index (χ2v) is 13.7. The van der Waals surface area contributed by atoms with Gasteiger partial charge in [0.05, 0.1) is 23.1 Å². The Bertz CT molecular complexity index is 1670. The number of carbonyl (C=O) groups is 1. The van der Waals surface area contributed by atoms with E-state index in [-0.39, 0.29) is 18.2 Å². The molecule has 5 rings (SSSR count). The van der Waals surface area contributed by atoms with Crippen LogP contribution in [-0.4, -0.2) is 62.4 Å². The summed E-state index contributed by atoms with van der Waals surface area (Å²) in [6.45, 7) is 9.92. The van der Waals surface area contributed by atoms with Gasteiger partial charge < -0.3 is 20.1 Å². The van der Waals surface area contributed by atoms with Gasteiger partial charge in [-0.15, -0.1) is 0 Å². The van der Waals surface area contributed by atoms with Crippen LogP contribution in [-0.2, 0) is 6.54 Å². The van der Waals surface area contributed by atoms with Crippen LogP contribution >= 0.6 is 11.9 Å². The van der Waals surface area contributed by atoms with Gasteiger partial charge in [-0.3, -0.25) is 9.71 Å². The molecule has 1 fully saturated rings. The SMILES string of the molecule is Cc1cccc(C)c1-c1cc(OCC(CCC(C)(C)F)NCc2cncc(N3CCCCC3)n2)nc(NSc2cccc(C(=O)O)c2)n1. The molecule has 0 aliphatic carbocycles. The van der Waals surface area contributed by atoms with E-state index < -0.39 is 11.6 Å². The van der Waals surface area contributed by atoms with Crippen molar-refractivity contribution in [2.45, 2.75) is 82.9 Å². The first kappa shape index (κ1) is 35.0. The molecule has 2 aromatic carbocycles. The molecule has 2 aromatic heterocycles. The third-order valence-corrected chi connectivity index (χ3v) is 9.00. The van der Waals surface area contributed by atoms with Gasteiger partial charge in [0.15, 0.2) is 0 Å². The molecule has 0 spiro atoms. The van der Waals surface area contributed by atoms with E-state index in [2.05, 4.69) is 24.9 Å². The number of ether oxygens (including phenoxy) is 1. The van der Waals surface area contributed by atoms with Crippen molar-refractivity contribution in [2.75, 3.05) is 29.3 Å². The smallest absolute Gasteiger partial charge is 0.335 e. The van der Waals surface area contributed by atoms with Crippen molar-refractivity contribution in [3.8, 4) is 17.1 Å². The fourth-order valence-electron chi connectivity index (χ4n) is 5.64. The highest BCUT2D eigenvalue weighted by Gasteiger charge is 2.21. The van der Waals surface area contributed by atoms with Crippen LogP contribution in [0.25, 0.3) is 11.3 Å². The topological polar surface area (TPSA) is 125 Å². The summed E-state index contributed by atoms with van der Waals surface area (Å²) in [5.74, 6) is 0.570. The lowest BCUT2D eigenvalue weighted by atomic mass is 10.00. The van der Waals surface area contributed by atoms with Crippen LogP contribution in [0.2, 0.25) is 0 Å². The number of alkyl halides is 1. The average Bonchev–Trinajstić information content (AvgIpc) is 3.07. The van der Waals surface area contributed by atoms with E-state index in [1.807, 2.05) is 50.4 Å². The molecule has 0 bridgehead atoms. The van der Waals surface area contributed by atoms with E-state index in [4.69, 9.17) is 14.7 Å². The van der Waals surface area contributed by atoms with Crippen molar-refractivity contribution in [1.29, 1.82) is 0 Å². The predicted octanol–water partition coefficient (Wildman–Crippen LogP) is 7.42. The maximum Gasteiger partial charge on any atom is 0.335 e. The summed E-state index contributed by atoms with van der Waals surface area (Å²) in [5, 5.41) is 12.9. The zero-order valence-electron chi connectivity index (χ0n) is 28.0. The standard InChI is InChI=1S/C36H44FN7O3S/c1-24-10-8-11-25(2)33(24)30-19-32(42-35(41-30)43-48-29-13-9-12-26(18-29)34(45)46)47-23-27(14-15-36(3,4)37)39-21-28-20-38-22-31(40-28)44-16-6-5-7-17-44/h8-13,18-20,22,27,39H,5-7,14-17,21,23H2,1-4H3,(H,45,46)(H,41,42,43). The van der Waals surface area contributed by atoms with Gasteiger partial charge in [-0.25, -0.2) is 19.2 Å². The molecule has 0 radical (unpaired) electrons. The number of aryl methyl sites for hydroxylation is 2. The molecule has 3 N–H and O–H groups in total. The summed E-state index contributed by atoms with van der Waals surface area (Å²) in [4.78, 5) is 33.2. The molecule has 3 heterocycles. The number of aromatic nitrogens is 4. The molecule has 1 unspecified atom stereocenters. The van der Waals surface area contributed by atoms with Crippen LogP contribution in [0.15, 0.2) is 65.8 Å². The van der Waals surface area contributed by atoms with Gasteiger partial charge in [-0.1, -0.05) is 24.3 Å². The van der Waals surface area contributed by atoms with Gasteiger partial charge in [0.2, 0.25) is 11.8 Å². The zero-order valence-corrected chi connectivity index (χ0v) is 28.8. The minimum Gasteiger partial charge on any atom is -0.478 e. The molecular formula is C36H44FN7O3S. The van der Waals surface area contributed by atoms with Crippen molar-refractivity contribution in [1.82, 2.24) is 25.3 Å². The van der Waals surface area contributed by atoms with Crippen LogP contribution in [0.1, 0.15) is 73.1 Å². The monoisotopic (exact) mass is 673 g/mol.